The summed E-state index contributed by atoms with van der Waals surface area (Å²) in [5.74, 6) is 0. The Morgan fingerprint density at radius 1 is 1.23 bits per heavy atom. The maximum Gasteiger partial charge on any atom is 0.328 e. The van der Waals surface area contributed by atoms with Gasteiger partial charge >= 0.3 is 6.03 Å². The van der Waals surface area contributed by atoms with Gasteiger partial charge in [-0.25, -0.2) is 4.79 Å². The van der Waals surface area contributed by atoms with Crippen LogP contribution in [0.3, 0.4) is 0 Å². The lowest BCUT2D eigenvalue weighted by molar-refractivity contribution is -0.149. The molecule has 6 heteroatoms. The van der Waals surface area contributed by atoms with E-state index in [1.54, 1.807) is 15.7 Å². The minimum atomic E-state index is -0.661. The molecule has 0 atom stereocenters. The van der Waals surface area contributed by atoms with Crippen LogP contribution in [0.2, 0.25) is 0 Å². The number of carbonyl (C=O) groups is 2. The van der Waals surface area contributed by atoms with Crippen molar-refractivity contribution < 1.29 is 19.1 Å². The quantitative estimate of drug-likeness (QED) is 0.803. The van der Waals surface area contributed by atoms with Crippen LogP contribution in [0.25, 0.3) is 0 Å². The highest BCUT2D eigenvalue weighted by Crippen LogP contribution is 2.40. The minimum Gasteiger partial charge on any atom is -0.455 e. The number of amides is 1. The van der Waals surface area contributed by atoms with Gasteiger partial charge in [0.05, 0.1) is 18.9 Å². The number of ether oxygens (including phenoxy) is 2. The zero-order chi connectivity index (χ0) is 15.4. The zero-order valence-corrected chi connectivity index (χ0v) is 12.7. The SMILES string of the molecule is O=COC1(c2cccn2C(=O)N2CCOCC2)CCCCC1. The van der Waals surface area contributed by atoms with Crippen LogP contribution in [-0.2, 0) is 19.9 Å². The highest BCUT2D eigenvalue weighted by molar-refractivity contribution is 5.78. The van der Waals surface area contributed by atoms with Crippen molar-refractivity contribution in [2.75, 3.05) is 26.3 Å². The molecule has 3 rings (SSSR count). The van der Waals surface area contributed by atoms with E-state index in [1.165, 1.54) is 0 Å². The minimum absolute atomic E-state index is 0.0669. The molecule has 2 aliphatic rings. The summed E-state index contributed by atoms with van der Waals surface area (Å²) in [6.07, 6.45) is 6.45. The number of aromatic nitrogens is 1. The zero-order valence-electron chi connectivity index (χ0n) is 12.7. The molecular formula is C16H22N2O4. The lowest BCUT2D eigenvalue weighted by Crippen LogP contribution is -2.45. The molecule has 1 aliphatic heterocycles. The molecule has 6 nitrogen and oxygen atoms in total. The van der Waals surface area contributed by atoms with Gasteiger partial charge in [-0.3, -0.25) is 9.36 Å². The first-order valence-corrected chi connectivity index (χ1v) is 7.93. The fourth-order valence-electron chi connectivity index (χ4n) is 3.48. The molecule has 0 N–H and O–H groups in total. The monoisotopic (exact) mass is 306 g/mol. The molecule has 22 heavy (non-hydrogen) atoms. The van der Waals surface area contributed by atoms with Crippen LogP contribution in [0.15, 0.2) is 18.3 Å². The lowest BCUT2D eigenvalue weighted by Gasteiger charge is -2.37. The van der Waals surface area contributed by atoms with Crippen molar-refractivity contribution in [2.24, 2.45) is 0 Å². The maximum absolute atomic E-state index is 12.8. The van der Waals surface area contributed by atoms with Gasteiger partial charge in [0.15, 0.2) is 5.60 Å². The van der Waals surface area contributed by atoms with E-state index in [4.69, 9.17) is 9.47 Å². The third kappa shape index (κ3) is 2.75. The number of rotatable bonds is 3. The Morgan fingerprint density at radius 3 is 2.64 bits per heavy atom. The predicted molar refractivity (Wildman–Crippen MR) is 79.5 cm³/mol. The van der Waals surface area contributed by atoms with E-state index in [-0.39, 0.29) is 6.03 Å². The van der Waals surface area contributed by atoms with Crippen molar-refractivity contribution in [3.8, 4) is 0 Å². The number of hydrogen-bond donors (Lipinski definition) is 0. The summed E-state index contributed by atoms with van der Waals surface area (Å²) in [6, 6.07) is 3.67. The van der Waals surface area contributed by atoms with Crippen LogP contribution in [0.4, 0.5) is 4.79 Å². The fraction of sp³-hybridized carbons (Fsp3) is 0.625. The van der Waals surface area contributed by atoms with Crippen LogP contribution in [-0.4, -0.2) is 48.3 Å². The lowest BCUT2D eigenvalue weighted by atomic mass is 9.82. The smallest absolute Gasteiger partial charge is 0.328 e. The molecule has 0 spiro atoms. The predicted octanol–water partition coefficient (Wildman–Crippen LogP) is 2.12. The van der Waals surface area contributed by atoms with E-state index in [2.05, 4.69) is 0 Å². The van der Waals surface area contributed by atoms with Crippen molar-refractivity contribution in [3.05, 3.63) is 24.0 Å². The molecule has 0 radical (unpaired) electrons. The highest BCUT2D eigenvalue weighted by Gasteiger charge is 2.39. The number of morpholine rings is 1. The fourth-order valence-corrected chi connectivity index (χ4v) is 3.48. The van der Waals surface area contributed by atoms with Gasteiger partial charge in [-0.05, 0) is 37.8 Å². The van der Waals surface area contributed by atoms with Crippen LogP contribution in [0.5, 0.6) is 0 Å². The van der Waals surface area contributed by atoms with E-state index in [0.29, 0.717) is 32.8 Å². The van der Waals surface area contributed by atoms with Gasteiger partial charge in [0.25, 0.3) is 6.47 Å². The Balaban J connectivity index is 1.89. The first-order valence-electron chi connectivity index (χ1n) is 7.93. The summed E-state index contributed by atoms with van der Waals surface area (Å²) < 4.78 is 12.4. The Hall–Kier alpha value is -1.82. The third-order valence-electron chi connectivity index (χ3n) is 4.64. The number of nitrogens with zero attached hydrogens (tertiary/aromatic N) is 2. The van der Waals surface area contributed by atoms with E-state index in [9.17, 15) is 9.59 Å². The third-order valence-corrected chi connectivity index (χ3v) is 4.64. The summed E-state index contributed by atoms with van der Waals surface area (Å²) in [5, 5.41) is 0. The molecule has 0 bridgehead atoms. The molecule has 1 saturated carbocycles. The van der Waals surface area contributed by atoms with Crippen LogP contribution in [0, 0.1) is 0 Å². The molecule has 1 saturated heterocycles. The van der Waals surface area contributed by atoms with Crippen molar-refractivity contribution >= 4 is 12.5 Å². The molecule has 2 heterocycles. The van der Waals surface area contributed by atoms with Gasteiger partial charge in [-0.1, -0.05) is 6.42 Å². The second-order valence-electron chi connectivity index (χ2n) is 5.91. The van der Waals surface area contributed by atoms with Crippen molar-refractivity contribution in [3.63, 3.8) is 0 Å². The first-order chi connectivity index (χ1) is 10.8. The topological polar surface area (TPSA) is 60.8 Å². The van der Waals surface area contributed by atoms with Gasteiger partial charge in [0.1, 0.15) is 0 Å². The standard InChI is InChI=1S/C16H22N2O4/c19-13-22-16(6-2-1-3-7-16)14-5-4-8-18(14)15(20)17-9-11-21-12-10-17/h4-5,8,13H,1-3,6-7,9-12H2. The molecule has 1 amide bonds. The summed E-state index contributed by atoms with van der Waals surface area (Å²) in [6.45, 7) is 2.84. The van der Waals surface area contributed by atoms with Crippen molar-refractivity contribution in [1.82, 2.24) is 9.47 Å². The Morgan fingerprint density at radius 2 is 1.95 bits per heavy atom. The van der Waals surface area contributed by atoms with Gasteiger partial charge in [-0.15, -0.1) is 0 Å². The normalized spacial score (nSPS) is 21.4. The molecule has 120 valence electrons. The molecule has 1 aliphatic carbocycles. The maximum atomic E-state index is 12.8. The van der Waals surface area contributed by atoms with E-state index in [1.807, 2.05) is 12.1 Å². The second-order valence-corrected chi connectivity index (χ2v) is 5.91. The Bertz CT molecular complexity index is 528. The molecule has 2 fully saturated rings. The molecule has 1 aromatic heterocycles. The largest absolute Gasteiger partial charge is 0.455 e. The van der Waals surface area contributed by atoms with E-state index in [0.717, 1.165) is 37.8 Å². The van der Waals surface area contributed by atoms with Gasteiger partial charge in [-0.2, -0.15) is 0 Å². The molecule has 0 unspecified atom stereocenters. The van der Waals surface area contributed by atoms with Crippen molar-refractivity contribution in [2.45, 2.75) is 37.7 Å². The summed E-state index contributed by atoms with van der Waals surface area (Å²) in [7, 11) is 0. The second kappa shape index (κ2) is 6.52. The van der Waals surface area contributed by atoms with Crippen LogP contribution in [0.1, 0.15) is 37.8 Å². The molecule has 0 aromatic carbocycles. The Labute approximate surface area is 130 Å². The average Bonchev–Trinajstić information content (AvgIpc) is 3.06. The summed E-state index contributed by atoms with van der Waals surface area (Å²) in [5.41, 5.74) is 0.127. The number of hydrogen-bond acceptors (Lipinski definition) is 4. The first kappa shape index (κ1) is 15.1. The summed E-state index contributed by atoms with van der Waals surface area (Å²) >= 11 is 0. The molecule has 1 aromatic rings. The van der Waals surface area contributed by atoms with Crippen LogP contribution >= 0.6 is 0 Å². The molecular weight excluding hydrogens is 284 g/mol. The Kier molecular flexibility index (Phi) is 4.47. The van der Waals surface area contributed by atoms with Crippen molar-refractivity contribution in [1.29, 1.82) is 0 Å². The van der Waals surface area contributed by atoms with Crippen LogP contribution < -0.4 is 0 Å². The number of carbonyl (C=O) groups excluding carboxylic acids is 2. The average molecular weight is 306 g/mol. The van der Waals surface area contributed by atoms with Gasteiger partial charge in [0.2, 0.25) is 0 Å². The summed E-state index contributed by atoms with van der Waals surface area (Å²) in [4.78, 5) is 25.6. The highest BCUT2D eigenvalue weighted by atomic mass is 16.5. The van der Waals surface area contributed by atoms with Gasteiger partial charge in [0, 0.05) is 19.3 Å². The van der Waals surface area contributed by atoms with Gasteiger partial charge < -0.3 is 14.4 Å². The van der Waals surface area contributed by atoms with E-state index < -0.39 is 5.60 Å². The van der Waals surface area contributed by atoms with E-state index >= 15 is 0 Å².